The molecule has 192 valence electrons. The van der Waals surface area contributed by atoms with E-state index in [-0.39, 0.29) is 34.6 Å². The fourth-order valence-electron chi connectivity index (χ4n) is 4.31. The number of nitrogens with zero attached hydrogens (tertiary/aromatic N) is 4. The Hall–Kier alpha value is -3.63. The smallest absolute Gasteiger partial charge is 0.407 e. The van der Waals surface area contributed by atoms with Gasteiger partial charge in [-0.3, -0.25) is 0 Å². The molecule has 9 nitrogen and oxygen atoms in total. The normalized spacial score (nSPS) is 18.3. The van der Waals surface area contributed by atoms with Gasteiger partial charge in [0.2, 0.25) is 5.95 Å². The molecule has 1 saturated carbocycles. The molecule has 4 N–H and O–H groups in total. The molecule has 0 atom stereocenters. The van der Waals surface area contributed by atoms with Crippen LogP contribution < -0.4 is 16.4 Å². The lowest BCUT2D eigenvalue weighted by atomic mass is 9.91. The number of halogens is 2. The fraction of sp³-hybridized carbons (Fsp3) is 0.480. The number of anilines is 2. The number of hydrogen-bond donors (Lipinski definition) is 3. The van der Waals surface area contributed by atoms with Crippen molar-refractivity contribution in [1.82, 2.24) is 25.3 Å². The second kappa shape index (κ2) is 10.2. The third-order valence-electron chi connectivity index (χ3n) is 5.98. The van der Waals surface area contributed by atoms with Crippen molar-refractivity contribution >= 4 is 28.9 Å². The molecule has 11 heteroatoms. The number of carbonyl (C=O) groups excluding carboxylic acids is 1. The molecule has 0 unspecified atom stereocenters. The summed E-state index contributed by atoms with van der Waals surface area (Å²) in [6, 6.07) is 4.75. The maximum atomic E-state index is 14.0. The fourth-order valence-corrected chi connectivity index (χ4v) is 4.31. The van der Waals surface area contributed by atoms with Crippen molar-refractivity contribution in [2.75, 3.05) is 11.1 Å². The number of rotatable bonds is 5. The van der Waals surface area contributed by atoms with Crippen LogP contribution in [0.5, 0.6) is 0 Å². The Bertz CT molecular complexity index is 1260. The lowest BCUT2D eigenvalue weighted by Crippen LogP contribution is -2.42. The second-order valence-electron chi connectivity index (χ2n) is 10.0. The predicted octanol–water partition coefficient (Wildman–Crippen LogP) is 5.16. The molecule has 0 aliphatic heterocycles. The number of pyridine rings is 2. The van der Waals surface area contributed by atoms with Gasteiger partial charge in [0.1, 0.15) is 22.5 Å². The van der Waals surface area contributed by atoms with Crippen LogP contribution in [0.2, 0.25) is 0 Å². The molecule has 1 fully saturated rings. The number of nitrogen functional groups attached to an aromatic ring is 1. The molecule has 3 heterocycles. The van der Waals surface area contributed by atoms with Gasteiger partial charge >= 0.3 is 6.09 Å². The summed E-state index contributed by atoms with van der Waals surface area (Å²) in [6.07, 6.45) is 1.34. The standard InChI is InChI=1S/C25H31F2N7O2/c1-13-16(9-10-20(28)30-13)18-11-17(22(26)27)21-19(33-18)12-29-23(34-21)31-14-5-7-15(8-6-14)32-24(35)36-25(2,3)4/h9-12,14-15,22H,5-8H2,1-4H3,(H2,28,30)(H,32,35)(H,29,31,34). The van der Waals surface area contributed by atoms with Crippen LogP contribution >= 0.6 is 0 Å². The molecule has 0 bridgehead atoms. The van der Waals surface area contributed by atoms with Gasteiger partial charge in [0.25, 0.3) is 6.43 Å². The van der Waals surface area contributed by atoms with Gasteiger partial charge in [-0.15, -0.1) is 0 Å². The lowest BCUT2D eigenvalue weighted by Gasteiger charge is -2.30. The number of hydrogen-bond acceptors (Lipinski definition) is 8. The van der Waals surface area contributed by atoms with Crippen molar-refractivity contribution in [1.29, 1.82) is 0 Å². The van der Waals surface area contributed by atoms with Crippen LogP contribution in [-0.2, 0) is 4.74 Å². The molecular weight excluding hydrogens is 468 g/mol. The van der Waals surface area contributed by atoms with E-state index in [1.807, 2.05) is 20.8 Å². The van der Waals surface area contributed by atoms with E-state index >= 15 is 0 Å². The zero-order valence-corrected chi connectivity index (χ0v) is 20.8. The van der Waals surface area contributed by atoms with Crippen molar-refractivity contribution in [3.8, 4) is 11.3 Å². The van der Waals surface area contributed by atoms with E-state index in [2.05, 4.69) is 30.6 Å². The predicted molar refractivity (Wildman–Crippen MR) is 134 cm³/mol. The minimum absolute atomic E-state index is 0.0229. The topological polar surface area (TPSA) is 128 Å². The van der Waals surface area contributed by atoms with E-state index in [1.54, 1.807) is 19.1 Å². The van der Waals surface area contributed by atoms with Crippen LogP contribution in [0.25, 0.3) is 22.3 Å². The first-order valence-electron chi connectivity index (χ1n) is 11.9. The van der Waals surface area contributed by atoms with Crippen molar-refractivity contribution in [2.45, 2.75) is 77.5 Å². The molecule has 0 radical (unpaired) electrons. The van der Waals surface area contributed by atoms with E-state index < -0.39 is 18.1 Å². The highest BCUT2D eigenvalue weighted by molar-refractivity contribution is 5.82. The minimum Gasteiger partial charge on any atom is -0.444 e. The molecule has 0 spiro atoms. The number of aryl methyl sites for hydroxylation is 1. The molecule has 36 heavy (non-hydrogen) atoms. The number of alkyl carbamates (subject to hydrolysis) is 1. The molecule has 0 saturated heterocycles. The third kappa shape index (κ3) is 6.13. The Kier molecular flexibility index (Phi) is 7.18. The third-order valence-corrected chi connectivity index (χ3v) is 5.98. The number of carbonyl (C=O) groups is 1. The van der Waals surface area contributed by atoms with Gasteiger partial charge in [0.05, 0.1) is 11.9 Å². The summed E-state index contributed by atoms with van der Waals surface area (Å²) in [5.74, 6) is 0.618. The number of aromatic nitrogens is 4. The molecule has 1 aliphatic rings. The van der Waals surface area contributed by atoms with Gasteiger partial charge in [-0.05, 0) is 71.6 Å². The van der Waals surface area contributed by atoms with Crippen molar-refractivity contribution in [3.05, 3.63) is 35.7 Å². The Morgan fingerprint density at radius 2 is 1.81 bits per heavy atom. The van der Waals surface area contributed by atoms with Crippen LogP contribution in [-0.4, -0.2) is 43.7 Å². The molecule has 3 aromatic rings. The average Bonchev–Trinajstić information content (AvgIpc) is 2.78. The largest absolute Gasteiger partial charge is 0.444 e. The van der Waals surface area contributed by atoms with Crippen LogP contribution in [0.1, 0.15) is 64.1 Å². The number of nitrogens with two attached hydrogens (primary N) is 1. The van der Waals surface area contributed by atoms with Crippen LogP contribution in [0.15, 0.2) is 24.4 Å². The lowest BCUT2D eigenvalue weighted by molar-refractivity contribution is 0.0492. The number of nitrogens with one attached hydrogen (secondary N) is 2. The number of alkyl halides is 2. The highest BCUT2D eigenvalue weighted by Gasteiger charge is 2.26. The molecule has 3 aromatic heterocycles. The van der Waals surface area contributed by atoms with Gasteiger partial charge in [0.15, 0.2) is 0 Å². The molecular formula is C25H31F2N7O2. The molecule has 1 aliphatic carbocycles. The quantitative estimate of drug-likeness (QED) is 0.439. The van der Waals surface area contributed by atoms with E-state index in [0.29, 0.717) is 22.8 Å². The van der Waals surface area contributed by atoms with E-state index in [1.165, 1.54) is 12.3 Å². The van der Waals surface area contributed by atoms with E-state index in [0.717, 1.165) is 25.7 Å². The highest BCUT2D eigenvalue weighted by atomic mass is 19.3. The molecule has 0 aromatic carbocycles. The zero-order chi connectivity index (χ0) is 26.0. The number of ether oxygens (including phenoxy) is 1. The van der Waals surface area contributed by atoms with Crippen LogP contribution in [0, 0.1) is 6.92 Å². The first-order chi connectivity index (χ1) is 17.0. The summed E-state index contributed by atoms with van der Waals surface area (Å²) in [4.78, 5) is 29.4. The summed E-state index contributed by atoms with van der Waals surface area (Å²) in [5.41, 5.74) is 6.90. The number of fused-ring (bicyclic) bond motifs is 1. The first-order valence-corrected chi connectivity index (χ1v) is 11.9. The van der Waals surface area contributed by atoms with Gasteiger partial charge < -0.3 is 21.1 Å². The van der Waals surface area contributed by atoms with E-state index in [4.69, 9.17) is 10.5 Å². The van der Waals surface area contributed by atoms with E-state index in [9.17, 15) is 13.6 Å². The van der Waals surface area contributed by atoms with Crippen LogP contribution in [0.3, 0.4) is 0 Å². The zero-order valence-electron chi connectivity index (χ0n) is 20.8. The first kappa shape index (κ1) is 25.5. The SMILES string of the molecule is Cc1nc(N)ccc1-c1cc(C(F)F)c2nc(NC3CCC(NC(=O)OC(C)(C)C)CC3)ncc2n1. The van der Waals surface area contributed by atoms with Crippen molar-refractivity contribution in [2.24, 2.45) is 0 Å². The Morgan fingerprint density at radius 3 is 2.44 bits per heavy atom. The summed E-state index contributed by atoms with van der Waals surface area (Å²) in [5, 5.41) is 6.16. The number of amides is 1. The average molecular weight is 500 g/mol. The Balaban J connectivity index is 1.48. The van der Waals surface area contributed by atoms with Gasteiger partial charge in [-0.2, -0.15) is 0 Å². The van der Waals surface area contributed by atoms with Crippen molar-refractivity contribution < 1.29 is 18.3 Å². The van der Waals surface area contributed by atoms with Crippen LogP contribution in [0.4, 0.5) is 25.3 Å². The Labute approximate surface area is 208 Å². The monoisotopic (exact) mass is 499 g/mol. The Morgan fingerprint density at radius 1 is 1.11 bits per heavy atom. The summed E-state index contributed by atoms with van der Waals surface area (Å²) in [7, 11) is 0. The summed E-state index contributed by atoms with van der Waals surface area (Å²) in [6.45, 7) is 7.22. The van der Waals surface area contributed by atoms with Crippen molar-refractivity contribution in [3.63, 3.8) is 0 Å². The summed E-state index contributed by atoms with van der Waals surface area (Å²) >= 11 is 0. The minimum atomic E-state index is -2.74. The second-order valence-corrected chi connectivity index (χ2v) is 10.0. The van der Waals surface area contributed by atoms with Gasteiger partial charge in [-0.1, -0.05) is 0 Å². The van der Waals surface area contributed by atoms with Gasteiger partial charge in [-0.25, -0.2) is 33.5 Å². The highest BCUT2D eigenvalue weighted by Crippen LogP contribution is 2.32. The maximum Gasteiger partial charge on any atom is 0.407 e. The molecule has 1 amide bonds. The van der Waals surface area contributed by atoms with Gasteiger partial charge in [0, 0.05) is 28.9 Å². The molecule has 4 rings (SSSR count). The summed E-state index contributed by atoms with van der Waals surface area (Å²) < 4.78 is 33.3. The maximum absolute atomic E-state index is 14.0.